The summed E-state index contributed by atoms with van der Waals surface area (Å²) in [5.74, 6) is 0. The van der Waals surface area contributed by atoms with Gasteiger partial charge in [-0.15, -0.1) is 0 Å². The third-order valence-corrected chi connectivity index (χ3v) is 9.89. The van der Waals surface area contributed by atoms with Gasteiger partial charge in [0.1, 0.15) is 6.07 Å². The second kappa shape index (κ2) is 11.9. The molecular weight excluding hydrogens is 621 g/mol. The van der Waals surface area contributed by atoms with Crippen LogP contribution < -0.4 is 0 Å². The Morgan fingerprint density at radius 1 is 0.373 bits per heavy atom. The van der Waals surface area contributed by atoms with Gasteiger partial charge in [-0.2, -0.15) is 15.8 Å². The fraction of sp³-hybridized carbons (Fsp3) is 0. The largest absolute Gasteiger partial charge is 0.308 e. The highest BCUT2D eigenvalue weighted by Crippen LogP contribution is 2.44. The van der Waals surface area contributed by atoms with Gasteiger partial charge in [0.05, 0.1) is 45.5 Å². The molecule has 51 heavy (non-hydrogen) atoms. The highest BCUT2D eigenvalue weighted by molar-refractivity contribution is 6.21. The van der Waals surface area contributed by atoms with Crippen LogP contribution in [0.3, 0.4) is 0 Å². The number of nitriles is 3. The molecule has 0 bridgehead atoms. The summed E-state index contributed by atoms with van der Waals surface area (Å²) in [4.78, 5) is 0. The number of nitrogens with zero attached hydrogens (tertiary/aromatic N) is 4. The SMILES string of the molecule is N#Cc1ccc2c(c1)c1ccccc1n2-c1cc(-c2ccc(-c3c4ccccc4c(-c4ccccc4)c4ccccc34)cc2C#N)ccc1C#N. The van der Waals surface area contributed by atoms with E-state index in [1.54, 1.807) is 6.07 Å². The van der Waals surface area contributed by atoms with Crippen molar-refractivity contribution >= 4 is 43.4 Å². The number of rotatable bonds is 4. The van der Waals surface area contributed by atoms with Crippen molar-refractivity contribution < 1.29 is 0 Å². The summed E-state index contributed by atoms with van der Waals surface area (Å²) in [6.45, 7) is 0. The minimum Gasteiger partial charge on any atom is -0.308 e. The third-order valence-electron chi connectivity index (χ3n) is 9.89. The standard InChI is InChI=1S/C47H26N4/c48-27-30-18-23-44-42(24-30)37-12-8-9-17-43(37)51(44)45-26-32(19-20-34(45)28-49)36-22-21-33(25-35(36)29-50)47-40-15-6-4-13-38(40)46(31-10-2-1-3-11-31)39-14-5-7-16-41(39)47/h1-26H. The van der Waals surface area contributed by atoms with Crippen molar-refractivity contribution in [3.8, 4) is 57.3 Å². The zero-order chi connectivity index (χ0) is 34.5. The molecule has 0 spiro atoms. The van der Waals surface area contributed by atoms with E-state index in [9.17, 15) is 15.8 Å². The molecule has 0 aliphatic rings. The second-order valence-corrected chi connectivity index (χ2v) is 12.6. The van der Waals surface area contributed by atoms with Crippen molar-refractivity contribution in [2.75, 3.05) is 0 Å². The molecule has 4 heteroatoms. The fourth-order valence-corrected chi connectivity index (χ4v) is 7.68. The molecule has 4 nitrogen and oxygen atoms in total. The molecule has 0 radical (unpaired) electrons. The summed E-state index contributed by atoms with van der Waals surface area (Å²) < 4.78 is 2.08. The molecule has 0 saturated heterocycles. The number of para-hydroxylation sites is 1. The lowest BCUT2D eigenvalue weighted by molar-refractivity contribution is 1.17. The Kier molecular flexibility index (Phi) is 6.93. The van der Waals surface area contributed by atoms with E-state index in [4.69, 9.17) is 0 Å². The van der Waals surface area contributed by atoms with Crippen LogP contribution in [0.25, 0.3) is 82.4 Å². The molecule has 0 N–H and O–H groups in total. The molecule has 234 valence electrons. The van der Waals surface area contributed by atoms with Gasteiger partial charge in [-0.1, -0.05) is 115 Å². The number of benzene rings is 8. The molecule has 0 aliphatic carbocycles. The van der Waals surface area contributed by atoms with Crippen LogP contribution in [0.1, 0.15) is 16.7 Å². The van der Waals surface area contributed by atoms with Crippen LogP contribution in [0, 0.1) is 34.0 Å². The molecule has 0 atom stereocenters. The number of hydrogen-bond acceptors (Lipinski definition) is 3. The van der Waals surface area contributed by atoms with E-state index in [1.807, 2.05) is 72.8 Å². The number of hydrogen-bond donors (Lipinski definition) is 0. The average molecular weight is 647 g/mol. The van der Waals surface area contributed by atoms with E-state index < -0.39 is 0 Å². The first-order chi connectivity index (χ1) is 25.2. The summed E-state index contributed by atoms with van der Waals surface area (Å²) in [6, 6.07) is 60.2. The van der Waals surface area contributed by atoms with Gasteiger partial charge in [-0.25, -0.2) is 0 Å². The third kappa shape index (κ3) is 4.66. The van der Waals surface area contributed by atoms with Crippen molar-refractivity contribution in [3.63, 3.8) is 0 Å². The Morgan fingerprint density at radius 3 is 1.59 bits per heavy atom. The van der Waals surface area contributed by atoms with Crippen LogP contribution >= 0.6 is 0 Å². The Labute approximate surface area is 294 Å². The Balaban J connectivity index is 1.25. The van der Waals surface area contributed by atoms with Gasteiger partial charge < -0.3 is 4.57 Å². The van der Waals surface area contributed by atoms with E-state index in [1.165, 1.54) is 5.56 Å². The predicted molar refractivity (Wildman–Crippen MR) is 206 cm³/mol. The van der Waals surface area contributed by atoms with Gasteiger partial charge in [-0.05, 0) is 97.4 Å². The van der Waals surface area contributed by atoms with E-state index in [-0.39, 0.29) is 0 Å². The molecular formula is C47H26N4. The highest BCUT2D eigenvalue weighted by Gasteiger charge is 2.20. The molecule has 0 unspecified atom stereocenters. The van der Waals surface area contributed by atoms with E-state index in [0.717, 1.165) is 71.2 Å². The summed E-state index contributed by atoms with van der Waals surface area (Å²) in [7, 11) is 0. The maximum absolute atomic E-state index is 10.6. The fourth-order valence-electron chi connectivity index (χ4n) is 7.68. The van der Waals surface area contributed by atoms with Crippen molar-refractivity contribution in [1.29, 1.82) is 15.8 Å². The van der Waals surface area contributed by atoms with Gasteiger partial charge in [0.25, 0.3) is 0 Å². The van der Waals surface area contributed by atoms with E-state index >= 15 is 0 Å². The first-order valence-electron chi connectivity index (χ1n) is 16.7. The topological polar surface area (TPSA) is 76.3 Å². The number of aromatic nitrogens is 1. The van der Waals surface area contributed by atoms with Gasteiger partial charge >= 0.3 is 0 Å². The van der Waals surface area contributed by atoms with Crippen LogP contribution in [0.2, 0.25) is 0 Å². The smallest absolute Gasteiger partial charge is 0.101 e. The predicted octanol–water partition coefficient (Wildman–Crippen LogP) is 11.7. The van der Waals surface area contributed by atoms with Gasteiger partial charge in [0.15, 0.2) is 0 Å². The summed E-state index contributed by atoms with van der Waals surface area (Å²) in [5.41, 5.74) is 10.2. The summed E-state index contributed by atoms with van der Waals surface area (Å²) >= 11 is 0. The van der Waals surface area contributed by atoms with Crippen molar-refractivity contribution in [1.82, 2.24) is 4.57 Å². The molecule has 1 heterocycles. The molecule has 0 aliphatic heterocycles. The van der Waals surface area contributed by atoms with Crippen LogP contribution in [-0.4, -0.2) is 4.57 Å². The molecule has 0 fully saturated rings. The van der Waals surface area contributed by atoms with Gasteiger partial charge in [0.2, 0.25) is 0 Å². The van der Waals surface area contributed by atoms with E-state index in [2.05, 4.69) is 102 Å². The van der Waals surface area contributed by atoms with Crippen LogP contribution in [-0.2, 0) is 0 Å². The minimum absolute atomic E-state index is 0.511. The summed E-state index contributed by atoms with van der Waals surface area (Å²) in [6.07, 6.45) is 0. The summed E-state index contributed by atoms with van der Waals surface area (Å²) in [5, 5.41) is 37.0. The van der Waals surface area contributed by atoms with Crippen molar-refractivity contribution in [2.45, 2.75) is 0 Å². The van der Waals surface area contributed by atoms with Gasteiger partial charge in [0, 0.05) is 10.8 Å². The van der Waals surface area contributed by atoms with Crippen molar-refractivity contribution in [2.24, 2.45) is 0 Å². The molecule has 9 rings (SSSR count). The average Bonchev–Trinajstić information content (AvgIpc) is 3.53. The Hall–Kier alpha value is -7.45. The highest BCUT2D eigenvalue weighted by atomic mass is 15.0. The Bertz CT molecular complexity index is 2940. The monoisotopic (exact) mass is 646 g/mol. The maximum atomic E-state index is 10.6. The second-order valence-electron chi connectivity index (χ2n) is 12.6. The quantitative estimate of drug-likeness (QED) is 0.179. The Morgan fingerprint density at radius 2 is 0.941 bits per heavy atom. The lowest BCUT2D eigenvalue weighted by Gasteiger charge is -2.18. The van der Waals surface area contributed by atoms with Crippen LogP contribution in [0.5, 0.6) is 0 Å². The molecule has 0 amide bonds. The van der Waals surface area contributed by atoms with E-state index in [0.29, 0.717) is 22.4 Å². The first-order valence-corrected chi connectivity index (χ1v) is 16.7. The zero-order valence-electron chi connectivity index (χ0n) is 27.3. The van der Waals surface area contributed by atoms with Crippen LogP contribution in [0.4, 0.5) is 0 Å². The molecule has 8 aromatic carbocycles. The lowest BCUT2D eigenvalue weighted by atomic mass is 9.85. The van der Waals surface area contributed by atoms with Crippen LogP contribution in [0.15, 0.2) is 158 Å². The number of fused-ring (bicyclic) bond motifs is 5. The van der Waals surface area contributed by atoms with Gasteiger partial charge in [-0.3, -0.25) is 0 Å². The lowest BCUT2D eigenvalue weighted by Crippen LogP contribution is -1.99. The maximum Gasteiger partial charge on any atom is 0.101 e. The normalized spacial score (nSPS) is 11.1. The zero-order valence-corrected chi connectivity index (χ0v) is 27.3. The molecule has 9 aromatic rings. The molecule has 1 aromatic heterocycles. The minimum atomic E-state index is 0.511. The molecule has 0 saturated carbocycles. The van der Waals surface area contributed by atoms with Crippen molar-refractivity contribution in [3.05, 3.63) is 174 Å². The first kappa shape index (κ1) is 29.7.